The second-order valence-corrected chi connectivity index (χ2v) is 5.35. The maximum Gasteiger partial charge on any atom is 0.347 e. The van der Waals surface area contributed by atoms with Gasteiger partial charge in [-0.2, -0.15) is 0 Å². The summed E-state index contributed by atoms with van der Waals surface area (Å²) >= 11 is 0. The van der Waals surface area contributed by atoms with Gasteiger partial charge in [0, 0.05) is 6.42 Å². The molecule has 1 saturated heterocycles. The highest BCUT2D eigenvalue weighted by atomic mass is 16.6. The molecule has 1 heterocycles. The van der Waals surface area contributed by atoms with E-state index in [9.17, 15) is 19.8 Å². The minimum atomic E-state index is -2.25. The quantitative estimate of drug-likeness (QED) is 0.424. The predicted molar refractivity (Wildman–Crippen MR) is 64.7 cm³/mol. The van der Waals surface area contributed by atoms with Crippen LogP contribution in [0.15, 0.2) is 12.7 Å². The summed E-state index contributed by atoms with van der Waals surface area (Å²) in [7, 11) is 0. The Labute approximate surface area is 106 Å². The summed E-state index contributed by atoms with van der Waals surface area (Å²) in [6.45, 7) is 8.48. The van der Waals surface area contributed by atoms with Gasteiger partial charge in [0.05, 0.1) is 11.5 Å². The first-order chi connectivity index (χ1) is 8.19. The zero-order chi connectivity index (χ0) is 14.1. The fourth-order valence-corrected chi connectivity index (χ4v) is 1.87. The Morgan fingerprint density at radius 3 is 2.61 bits per heavy atom. The molecule has 5 nitrogen and oxygen atoms in total. The molecule has 2 N–H and O–H groups in total. The zero-order valence-corrected chi connectivity index (χ0v) is 11.0. The van der Waals surface area contributed by atoms with Gasteiger partial charge < -0.3 is 14.9 Å². The van der Waals surface area contributed by atoms with Gasteiger partial charge in [-0.05, 0) is 12.8 Å². The second-order valence-electron chi connectivity index (χ2n) is 5.35. The SMILES string of the molecule is C=C[C@@]1(C)COC(=O)[C@@]1(O)C(=O)CC(O)C(C)C. The number of carbonyl (C=O) groups is 2. The Hall–Kier alpha value is -1.20. The molecule has 0 aliphatic carbocycles. The highest BCUT2D eigenvalue weighted by Gasteiger charge is 2.62. The number of carbonyl (C=O) groups excluding carboxylic acids is 2. The molecular weight excluding hydrogens is 236 g/mol. The zero-order valence-electron chi connectivity index (χ0n) is 11.0. The van der Waals surface area contributed by atoms with Crippen LogP contribution < -0.4 is 0 Å². The molecule has 1 fully saturated rings. The van der Waals surface area contributed by atoms with Crippen molar-refractivity contribution >= 4 is 11.8 Å². The highest BCUT2D eigenvalue weighted by molar-refractivity contribution is 6.09. The minimum absolute atomic E-state index is 0.0879. The van der Waals surface area contributed by atoms with E-state index < -0.39 is 28.9 Å². The molecule has 102 valence electrons. The summed E-state index contributed by atoms with van der Waals surface area (Å²) in [5, 5.41) is 20.1. The lowest BCUT2D eigenvalue weighted by molar-refractivity contribution is -0.164. The van der Waals surface area contributed by atoms with Crippen molar-refractivity contribution in [3.8, 4) is 0 Å². The molecule has 0 spiro atoms. The highest BCUT2D eigenvalue weighted by Crippen LogP contribution is 2.41. The van der Waals surface area contributed by atoms with Crippen molar-refractivity contribution in [2.45, 2.75) is 38.9 Å². The number of aliphatic hydroxyl groups is 2. The molecule has 18 heavy (non-hydrogen) atoms. The minimum Gasteiger partial charge on any atom is -0.462 e. The fraction of sp³-hybridized carbons (Fsp3) is 0.692. The molecule has 1 unspecified atom stereocenters. The van der Waals surface area contributed by atoms with Crippen LogP contribution in [0.5, 0.6) is 0 Å². The Bertz CT molecular complexity index is 376. The van der Waals surface area contributed by atoms with Gasteiger partial charge >= 0.3 is 5.97 Å². The molecule has 0 radical (unpaired) electrons. The van der Waals surface area contributed by atoms with Gasteiger partial charge in [0.25, 0.3) is 0 Å². The number of aliphatic hydroxyl groups excluding tert-OH is 1. The van der Waals surface area contributed by atoms with Gasteiger partial charge in [-0.25, -0.2) is 4.79 Å². The van der Waals surface area contributed by atoms with Crippen LogP contribution in [-0.4, -0.2) is 40.3 Å². The van der Waals surface area contributed by atoms with Crippen LogP contribution in [0.4, 0.5) is 0 Å². The molecule has 0 amide bonds. The summed E-state index contributed by atoms with van der Waals surface area (Å²) in [5.41, 5.74) is -3.40. The van der Waals surface area contributed by atoms with Gasteiger partial charge in [-0.3, -0.25) is 4.79 Å². The summed E-state index contributed by atoms with van der Waals surface area (Å²) in [4.78, 5) is 23.7. The van der Waals surface area contributed by atoms with E-state index in [1.807, 2.05) is 0 Å². The van der Waals surface area contributed by atoms with E-state index >= 15 is 0 Å². The Balaban J connectivity index is 3.00. The average molecular weight is 256 g/mol. The van der Waals surface area contributed by atoms with Gasteiger partial charge in [-0.1, -0.05) is 19.9 Å². The monoisotopic (exact) mass is 256 g/mol. The molecular formula is C13H20O5. The topological polar surface area (TPSA) is 83.8 Å². The number of hydrogen-bond donors (Lipinski definition) is 2. The smallest absolute Gasteiger partial charge is 0.347 e. The van der Waals surface area contributed by atoms with Crippen LogP contribution in [0, 0.1) is 11.3 Å². The first-order valence-corrected chi connectivity index (χ1v) is 5.93. The Kier molecular flexibility index (Phi) is 3.98. The van der Waals surface area contributed by atoms with E-state index in [0.717, 1.165) is 0 Å². The molecule has 5 heteroatoms. The number of Topliss-reactive ketones (excluding diaryl/α,β-unsaturated/α-hetero) is 1. The number of rotatable bonds is 5. The maximum absolute atomic E-state index is 12.1. The van der Waals surface area contributed by atoms with Crippen LogP contribution in [0.25, 0.3) is 0 Å². The number of cyclic esters (lactones) is 1. The molecule has 0 aromatic heterocycles. The molecule has 1 aliphatic heterocycles. The van der Waals surface area contributed by atoms with Crippen molar-refractivity contribution in [1.82, 2.24) is 0 Å². The number of hydrogen-bond acceptors (Lipinski definition) is 5. The van der Waals surface area contributed by atoms with E-state index in [1.165, 1.54) is 13.0 Å². The van der Waals surface area contributed by atoms with E-state index in [2.05, 4.69) is 6.58 Å². The van der Waals surface area contributed by atoms with E-state index in [1.54, 1.807) is 13.8 Å². The van der Waals surface area contributed by atoms with Crippen LogP contribution in [0.3, 0.4) is 0 Å². The summed E-state index contributed by atoms with van der Waals surface area (Å²) in [6.07, 6.45) is 0.161. The normalized spacial score (nSPS) is 33.3. The van der Waals surface area contributed by atoms with Crippen molar-refractivity contribution < 1.29 is 24.5 Å². The summed E-state index contributed by atoms with van der Waals surface area (Å²) < 4.78 is 4.78. The van der Waals surface area contributed by atoms with Gasteiger partial charge in [0.2, 0.25) is 5.60 Å². The van der Waals surface area contributed by atoms with Gasteiger partial charge in [0.15, 0.2) is 5.78 Å². The van der Waals surface area contributed by atoms with Crippen molar-refractivity contribution in [3.63, 3.8) is 0 Å². The van der Waals surface area contributed by atoms with Crippen LogP contribution in [-0.2, 0) is 14.3 Å². The van der Waals surface area contributed by atoms with Crippen LogP contribution in [0.2, 0.25) is 0 Å². The number of esters is 1. The standard InChI is InChI=1S/C13H20O5/c1-5-12(4)7-18-11(16)13(12,17)10(15)6-9(14)8(2)3/h5,8-9,14,17H,1,6-7H2,2-4H3/t9?,12-,13-/m0/s1. The Morgan fingerprint density at radius 2 is 2.17 bits per heavy atom. The molecule has 1 aliphatic rings. The second kappa shape index (κ2) is 4.82. The number of ketones is 1. The average Bonchev–Trinajstić information content (AvgIpc) is 2.55. The van der Waals surface area contributed by atoms with Crippen LogP contribution in [0.1, 0.15) is 27.2 Å². The predicted octanol–water partition coefficient (Wildman–Crippen LogP) is 0.443. The lowest BCUT2D eigenvalue weighted by Gasteiger charge is -2.31. The molecule has 0 saturated carbocycles. The van der Waals surface area contributed by atoms with Crippen molar-refractivity contribution in [2.24, 2.45) is 11.3 Å². The lowest BCUT2D eigenvalue weighted by atomic mass is 9.72. The molecule has 0 bridgehead atoms. The summed E-state index contributed by atoms with van der Waals surface area (Å²) in [5.74, 6) is -1.83. The van der Waals surface area contributed by atoms with Crippen LogP contribution >= 0.6 is 0 Å². The van der Waals surface area contributed by atoms with Crippen molar-refractivity contribution in [1.29, 1.82) is 0 Å². The third-order valence-corrected chi connectivity index (χ3v) is 3.64. The van der Waals surface area contributed by atoms with Crippen molar-refractivity contribution in [2.75, 3.05) is 6.61 Å². The summed E-state index contributed by atoms with van der Waals surface area (Å²) in [6, 6.07) is 0. The first kappa shape index (κ1) is 14.9. The van der Waals surface area contributed by atoms with Gasteiger partial charge in [-0.15, -0.1) is 6.58 Å². The number of ether oxygens (including phenoxy) is 1. The van der Waals surface area contributed by atoms with E-state index in [-0.39, 0.29) is 18.9 Å². The Morgan fingerprint density at radius 1 is 1.61 bits per heavy atom. The van der Waals surface area contributed by atoms with E-state index in [4.69, 9.17) is 4.74 Å². The lowest BCUT2D eigenvalue weighted by Crippen LogP contribution is -2.54. The molecule has 0 aromatic carbocycles. The molecule has 1 rings (SSSR count). The van der Waals surface area contributed by atoms with Crippen molar-refractivity contribution in [3.05, 3.63) is 12.7 Å². The van der Waals surface area contributed by atoms with Gasteiger partial charge in [0.1, 0.15) is 6.61 Å². The largest absolute Gasteiger partial charge is 0.462 e. The molecule has 3 atom stereocenters. The fourth-order valence-electron chi connectivity index (χ4n) is 1.87. The molecule has 0 aromatic rings. The first-order valence-electron chi connectivity index (χ1n) is 5.93. The third-order valence-electron chi connectivity index (χ3n) is 3.64. The maximum atomic E-state index is 12.1. The van der Waals surface area contributed by atoms with E-state index in [0.29, 0.717) is 0 Å². The third kappa shape index (κ3) is 2.08.